The smallest absolute Gasteiger partial charge is 0.296 e. The Kier molecular flexibility index (Phi) is 4.81. The van der Waals surface area contributed by atoms with E-state index in [2.05, 4.69) is 5.16 Å². The van der Waals surface area contributed by atoms with Crippen molar-refractivity contribution in [2.75, 3.05) is 26.2 Å². The Morgan fingerprint density at radius 1 is 0.970 bits per heavy atom. The molecule has 0 saturated heterocycles. The van der Waals surface area contributed by atoms with E-state index in [-0.39, 0.29) is 22.6 Å². The van der Waals surface area contributed by atoms with Crippen molar-refractivity contribution in [3.63, 3.8) is 0 Å². The lowest BCUT2D eigenvalue weighted by atomic mass is 9.97. The Balaban J connectivity index is 1.83. The Labute approximate surface area is 188 Å². The molecule has 33 heavy (non-hydrogen) atoms. The Bertz CT molecular complexity index is 1430. The summed E-state index contributed by atoms with van der Waals surface area (Å²) in [5, 5.41) is 4.40. The number of nitrogens with zero attached hydrogens (tertiary/aromatic N) is 2. The number of anilines is 1. The molecule has 4 aromatic rings. The number of amides is 1. The van der Waals surface area contributed by atoms with Gasteiger partial charge in [-0.05, 0) is 36.8 Å². The van der Waals surface area contributed by atoms with E-state index in [1.165, 1.54) is 26.2 Å². The Morgan fingerprint density at radius 2 is 1.67 bits per heavy atom. The van der Waals surface area contributed by atoms with E-state index in [0.717, 1.165) is 0 Å². The first-order chi connectivity index (χ1) is 16.0. The molecule has 9 nitrogen and oxygen atoms in total. The molecule has 0 radical (unpaired) electrons. The summed E-state index contributed by atoms with van der Waals surface area (Å²) in [6, 6.07) is 11.0. The monoisotopic (exact) mass is 448 g/mol. The number of aromatic nitrogens is 1. The third-order valence-corrected chi connectivity index (χ3v) is 5.64. The minimum absolute atomic E-state index is 0.0434. The van der Waals surface area contributed by atoms with Crippen LogP contribution in [0.15, 0.2) is 56.2 Å². The topological polar surface area (TPSA) is 104 Å². The summed E-state index contributed by atoms with van der Waals surface area (Å²) in [4.78, 5) is 28.5. The number of ether oxygens (including phenoxy) is 3. The molecule has 0 aliphatic carbocycles. The first-order valence-corrected chi connectivity index (χ1v) is 10.1. The lowest BCUT2D eigenvalue weighted by Gasteiger charge is -2.24. The van der Waals surface area contributed by atoms with E-state index in [1.54, 1.807) is 49.4 Å². The van der Waals surface area contributed by atoms with E-state index in [9.17, 15) is 9.59 Å². The number of benzene rings is 2. The second-order valence-electron chi connectivity index (χ2n) is 7.50. The molecule has 1 amide bonds. The minimum atomic E-state index is -0.855. The summed E-state index contributed by atoms with van der Waals surface area (Å²) >= 11 is 0. The van der Waals surface area contributed by atoms with Crippen LogP contribution in [0.4, 0.5) is 5.82 Å². The van der Waals surface area contributed by atoms with Gasteiger partial charge in [-0.1, -0.05) is 17.3 Å². The number of hydrogen-bond donors (Lipinski definition) is 0. The zero-order valence-corrected chi connectivity index (χ0v) is 18.4. The lowest BCUT2D eigenvalue weighted by molar-refractivity contribution is 0.0969. The quantitative estimate of drug-likeness (QED) is 0.453. The fourth-order valence-electron chi connectivity index (χ4n) is 4.20. The number of carbonyl (C=O) groups is 1. The molecule has 2 aromatic carbocycles. The molecular weight excluding hydrogens is 428 g/mol. The molecule has 5 rings (SSSR count). The first-order valence-electron chi connectivity index (χ1n) is 10.1. The molecule has 1 aliphatic heterocycles. The van der Waals surface area contributed by atoms with Gasteiger partial charge < -0.3 is 23.2 Å². The summed E-state index contributed by atoms with van der Waals surface area (Å²) in [5.74, 6) is 1.39. The van der Waals surface area contributed by atoms with Crippen LogP contribution in [0.3, 0.4) is 0 Å². The maximum absolute atomic E-state index is 13.6. The molecule has 0 fully saturated rings. The second kappa shape index (κ2) is 7.70. The van der Waals surface area contributed by atoms with Crippen molar-refractivity contribution in [3.8, 4) is 17.2 Å². The summed E-state index contributed by atoms with van der Waals surface area (Å²) in [6.07, 6.45) is 0. The van der Waals surface area contributed by atoms with Crippen molar-refractivity contribution in [1.82, 2.24) is 5.16 Å². The molecule has 0 bridgehead atoms. The van der Waals surface area contributed by atoms with Crippen LogP contribution in [0.5, 0.6) is 17.2 Å². The van der Waals surface area contributed by atoms with Gasteiger partial charge in [-0.3, -0.25) is 14.5 Å². The van der Waals surface area contributed by atoms with Crippen LogP contribution in [0.25, 0.3) is 11.0 Å². The summed E-state index contributed by atoms with van der Waals surface area (Å²) in [6.45, 7) is 1.72. The zero-order chi connectivity index (χ0) is 23.3. The molecule has 1 atom stereocenters. The molecule has 2 aromatic heterocycles. The number of para-hydroxylation sites is 1. The highest BCUT2D eigenvalue weighted by Gasteiger charge is 2.45. The van der Waals surface area contributed by atoms with Crippen molar-refractivity contribution >= 4 is 22.7 Å². The number of aryl methyl sites for hydroxylation is 1. The van der Waals surface area contributed by atoms with Crippen molar-refractivity contribution in [1.29, 1.82) is 0 Å². The maximum atomic E-state index is 13.6. The minimum Gasteiger partial charge on any atom is -0.493 e. The van der Waals surface area contributed by atoms with Crippen LogP contribution in [0.2, 0.25) is 0 Å². The fraction of sp³-hybridized carbons (Fsp3) is 0.208. The molecule has 0 N–H and O–H groups in total. The van der Waals surface area contributed by atoms with Crippen molar-refractivity contribution in [2.24, 2.45) is 0 Å². The van der Waals surface area contributed by atoms with E-state index in [4.69, 9.17) is 23.2 Å². The number of fused-ring (bicyclic) bond motifs is 2. The fourth-order valence-corrected chi connectivity index (χ4v) is 4.20. The van der Waals surface area contributed by atoms with Gasteiger partial charge >= 0.3 is 0 Å². The second-order valence-corrected chi connectivity index (χ2v) is 7.50. The third kappa shape index (κ3) is 3.04. The predicted molar refractivity (Wildman–Crippen MR) is 118 cm³/mol. The van der Waals surface area contributed by atoms with Gasteiger partial charge in [-0.15, -0.1) is 0 Å². The molecule has 3 heterocycles. The largest absolute Gasteiger partial charge is 0.493 e. The lowest BCUT2D eigenvalue weighted by Crippen LogP contribution is -2.29. The van der Waals surface area contributed by atoms with Crippen LogP contribution in [-0.2, 0) is 0 Å². The van der Waals surface area contributed by atoms with Crippen molar-refractivity contribution < 1.29 is 27.9 Å². The van der Waals surface area contributed by atoms with Gasteiger partial charge in [0.15, 0.2) is 22.7 Å². The Hall–Kier alpha value is -4.27. The van der Waals surface area contributed by atoms with E-state index < -0.39 is 11.9 Å². The van der Waals surface area contributed by atoms with E-state index in [0.29, 0.717) is 39.5 Å². The van der Waals surface area contributed by atoms with Crippen molar-refractivity contribution in [3.05, 3.63) is 75.3 Å². The molecule has 168 valence electrons. The van der Waals surface area contributed by atoms with Crippen LogP contribution >= 0.6 is 0 Å². The molecule has 1 aliphatic rings. The van der Waals surface area contributed by atoms with E-state index >= 15 is 0 Å². The van der Waals surface area contributed by atoms with Crippen molar-refractivity contribution in [2.45, 2.75) is 13.0 Å². The average molecular weight is 448 g/mol. The highest BCUT2D eigenvalue weighted by Crippen LogP contribution is 2.46. The first kappa shape index (κ1) is 20.6. The van der Waals surface area contributed by atoms with Gasteiger partial charge in [0.1, 0.15) is 11.3 Å². The van der Waals surface area contributed by atoms with E-state index in [1.807, 2.05) is 0 Å². The van der Waals surface area contributed by atoms with Gasteiger partial charge in [-0.2, -0.15) is 0 Å². The summed E-state index contributed by atoms with van der Waals surface area (Å²) in [7, 11) is 4.49. The average Bonchev–Trinajstić information content (AvgIpc) is 3.39. The Morgan fingerprint density at radius 3 is 2.27 bits per heavy atom. The van der Waals surface area contributed by atoms with Crippen LogP contribution in [-0.4, -0.2) is 32.4 Å². The van der Waals surface area contributed by atoms with Crippen LogP contribution < -0.4 is 24.5 Å². The van der Waals surface area contributed by atoms with Crippen LogP contribution in [0.1, 0.15) is 33.5 Å². The number of rotatable bonds is 5. The van der Waals surface area contributed by atoms with Gasteiger partial charge in [0.25, 0.3) is 5.91 Å². The molecule has 0 unspecified atom stereocenters. The SMILES string of the molecule is COc1cc([C@H]2c3c(oc4ccccc4c3=O)C(=O)N2c2cc(C)on2)cc(OC)c1OC. The van der Waals surface area contributed by atoms with Gasteiger partial charge in [0.2, 0.25) is 11.5 Å². The normalized spacial score (nSPS) is 15.1. The summed E-state index contributed by atoms with van der Waals surface area (Å²) in [5.41, 5.74) is 0.784. The van der Waals surface area contributed by atoms with Gasteiger partial charge in [-0.25, -0.2) is 0 Å². The number of methoxy groups -OCH3 is 3. The number of hydrogen-bond acceptors (Lipinski definition) is 8. The standard InChI is InChI=1S/C24H20N2O7/c1-12-9-18(25-33-12)26-20(13-10-16(29-2)22(31-4)17(11-13)30-3)19-21(27)14-7-5-6-8-15(14)32-23(19)24(26)28/h5-11,20H,1-4H3/t20-/m0/s1. The molecule has 0 saturated carbocycles. The van der Waals surface area contributed by atoms with Gasteiger partial charge in [0.05, 0.1) is 38.3 Å². The zero-order valence-electron chi connectivity index (χ0n) is 18.4. The highest BCUT2D eigenvalue weighted by molar-refractivity contribution is 6.10. The van der Waals surface area contributed by atoms with Crippen LogP contribution in [0, 0.1) is 6.92 Å². The summed E-state index contributed by atoms with van der Waals surface area (Å²) < 4.78 is 27.6. The predicted octanol–water partition coefficient (Wildman–Crippen LogP) is 3.87. The maximum Gasteiger partial charge on any atom is 0.296 e. The number of carbonyl (C=O) groups excluding carboxylic acids is 1. The highest BCUT2D eigenvalue weighted by atomic mass is 16.5. The molecule has 9 heteroatoms. The molecule has 0 spiro atoms. The van der Waals surface area contributed by atoms with Gasteiger partial charge in [0, 0.05) is 6.07 Å². The third-order valence-electron chi connectivity index (χ3n) is 5.64. The molecular formula is C24H20N2O7.